The van der Waals surface area contributed by atoms with Gasteiger partial charge in [0.25, 0.3) is 22.5 Å². The molecule has 4 aromatic carbocycles. The van der Waals surface area contributed by atoms with Crippen LogP contribution in [0.25, 0.3) is 66.5 Å². The molecule has 0 bridgehead atoms. The number of rotatable bonds is 6. The Kier molecular flexibility index (Phi) is 11.0. The minimum absolute atomic E-state index is 0. The molecule has 0 saturated heterocycles. The van der Waals surface area contributed by atoms with Gasteiger partial charge >= 0.3 is 11.9 Å². The number of halogens is 1. The highest BCUT2D eigenvalue weighted by atomic mass is 35.5. The number of pyridine rings is 4. The number of fused-ring (bicyclic) bond motifs is 10. The molecule has 314 valence electrons. The van der Waals surface area contributed by atoms with Crippen LogP contribution in [0.4, 0.5) is 11.4 Å². The molecule has 0 aliphatic carbocycles. The first kappa shape index (κ1) is 42.3. The quantitative estimate of drug-likeness (QED) is 0.107. The molecule has 0 radical (unpaired) electrons. The molecule has 3 N–H and O–H groups in total. The molecule has 10 aromatic rings. The van der Waals surface area contributed by atoms with Crippen molar-refractivity contribution in [3.63, 3.8) is 0 Å². The Morgan fingerprint density at radius 1 is 0.587 bits per heavy atom. The summed E-state index contributed by atoms with van der Waals surface area (Å²) in [5.41, 5.74) is 3.27. The van der Waals surface area contributed by atoms with Crippen LogP contribution < -0.4 is 11.1 Å². The summed E-state index contributed by atoms with van der Waals surface area (Å²) in [6, 6.07) is 31.7. The number of carboxylic acid groups (broad SMARTS) is 1. The van der Waals surface area contributed by atoms with Crippen LogP contribution >= 0.6 is 12.4 Å². The molecule has 0 fully saturated rings. The normalized spacial score (nSPS) is 10.9. The van der Waals surface area contributed by atoms with Crippen LogP contribution in [0.2, 0.25) is 0 Å². The summed E-state index contributed by atoms with van der Waals surface area (Å²) in [5.74, 6) is -1.63. The van der Waals surface area contributed by atoms with Gasteiger partial charge in [-0.15, -0.1) is 12.4 Å². The lowest BCUT2D eigenvalue weighted by Crippen LogP contribution is -2.20. The van der Waals surface area contributed by atoms with E-state index >= 15 is 0 Å². The third-order valence-corrected chi connectivity index (χ3v) is 10.1. The van der Waals surface area contributed by atoms with Gasteiger partial charge in [-0.2, -0.15) is 0 Å². The maximum Gasteiger partial charge on any atom is 0.339 e. The summed E-state index contributed by atoms with van der Waals surface area (Å²) in [7, 11) is 1.29. The van der Waals surface area contributed by atoms with Crippen molar-refractivity contribution in [1.82, 2.24) is 27.9 Å². The minimum atomic E-state index is -1.11. The van der Waals surface area contributed by atoms with E-state index in [1.165, 1.54) is 77.0 Å². The van der Waals surface area contributed by atoms with Crippen molar-refractivity contribution in [2.24, 2.45) is 0 Å². The van der Waals surface area contributed by atoms with Gasteiger partial charge in [0, 0.05) is 58.2 Å². The predicted molar refractivity (Wildman–Crippen MR) is 234 cm³/mol. The molecule has 19 nitrogen and oxygen atoms in total. The second-order valence-corrected chi connectivity index (χ2v) is 13.6. The van der Waals surface area contributed by atoms with Crippen LogP contribution in [0, 0.1) is 20.2 Å². The zero-order chi connectivity index (χ0) is 42.7. The first-order valence-electron chi connectivity index (χ1n) is 18.2. The highest BCUT2D eigenvalue weighted by Gasteiger charge is 2.21. The number of nitro benzene ring substituents is 2. The van der Waals surface area contributed by atoms with Crippen molar-refractivity contribution in [3.05, 3.63) is 186 Å². The van der Waals surface area contributed by atoms with E-state index in [0.29, 0.717) is 72.1 Å². The summed E-state index contributed by atoms with van der Waals surface area (Å²) in [5, 5.41) is 33.6. The molecule has 63 heavy (non-hydrogen) atoms. The summed E-state index contributed by atoms with van der Waals surface area (Å²) in [6.07, 6.45) is 2.97. The van der Waals surface area contributed by atoms with E-state index in [0.717, 1.165) is 0 Å². The number of aromatic nitrogens is 6. The lowest BCUT2D eigenvalue weighted by Gasteiger charge is -2.11. The van der Waals surface area contributed by atoms with Gasteiger partial charge in [0.2, 0.25) is 0 Å². The monoisotopic (exact) mass is 868 g/mol. The molecule has 0 aliphatic rings. The molecule has 20 heteroatoms. The number of esters is 1. The number of non-ortho nitro benzene ring substituents is 2. The Morgan fingerprint density at radius 2 is 0.968 bits per heavy atom. The van der Waals surface area contributed by atoms with Crippen LogP contribution in [-0.2, 0) is 4.74 Å². The maximum atomic E-state index is 13.5. The van der Waals surface area contributed by atoms with E-state index in [9.17, 15) is 44.5 Å². The van der Waals surface area contributed by atoms with E-state index in [-0.39, 0.29) is 45.9 Å². The minimum Gasteiger partial charge on any atom is -0.478 e. The van der Waals surface area contributed by atoms with Gasteiger partial charge in [-0.1, -0.05) is 36.4 Å². The number of carbonyl (C=O) groups excluding carboxylic acids is 1. The maximum absolute atomic E-state index is 13.5. The molecule has 0 atom stereocenters. The number of benzene rings is 4. The zero-order valence-electron chi connectivity index (χ0n) is 32.3. The van der Waals surface area contributed by atoms with Crippen molar-refractivity contribution in [2.45, 2.75) is 0 Å². The van der Waals surface area contributed by atoms with Crippen LogP contribution in [0.1, 0.15) is 20.7 Å². The first-order valence-corrected chi connectivity index (χ1v) is 18.2. The molecule has 0 saturated carbocycles. The molecule has 0 unspecified atom stereocenters. The van der Waals surface area contributed by atoms with Crippen LogP contribution in [0.15, 0.2) is 143 Å². The largest absolute Gasteiger partial charge is 0.478 e. The number of nitrogens with zero attached hydrogens (tertiary/aromatic N) is 8. The van der Waals surface area contributed by atoms with Crippen molar-refractivity contribution in [1.29, 1.82) is 0 Å². The van der Waals surface area contributed by atoms with Crippen molar-refractivity contribution in [3.8, 4) is 11.4 Å². The number of aromatic carboxylic acids is 1. The van der Waals surface area contributed by atoms with E-state index in [2.05, 4.69) is 9.97 Å². The molecule has 0 spiro atoms. The first-order chi connectivity index (χ1) is 29.4. The lowest BCUT2D eigenvalue weighted by atomic mass is 10.1. The predicted octanol–water partition coefficient (Wildman–Crippen LogP) is 6.48. The van der Waals surface area contributed by atoms with Crippen LogP contribution in [0.5, 0.6) is 0 Å². The molecule has 10 rings (SSSR count). The highest BCUT2D eigenvalue weighted by molar-refractivity contribution is 6.06. The third kappa shape index (κ3) is 6.99. The Bertz CT molecular complexity index is 3640. The topological polar surface area (TPSA) is 260 Å². The number of carbonyl (C=O) groups is 2. The van der Waals surface area contributed by atoms with Crippen molar-refractivity contribution >= 4 is 90.9 Å². The Hall–Kier alpha value is -8.81. The molecular weight excluding hydrogens is 840 g/mol. The second-order valence-electron chi connectivity index (χ2n) is 13.6. The molecule has 0 aliphatic heterocycles. The van der Waals surface area contributed by atoms with Crippen molar-refractivity contribution in [2.75, 3.05) is 7.11 Å². The van der Waals surface area contributed by atoms with Crippen molar-refractivity contribution < 1.29 is 34.8 Å². The van der Waals surface area contributed by atoms with Crippen LogP contribution in [-0.4, -0.2) is 67.4 Å². The standard InChI is InChI=1S/C22H14N4O5.C21H12N4O5.ClH.H2O/c1-31-22(28)13-6-11-18-23-19-16-4-2-3-5-17(16)21(27)25(20(19)24(18)12-13)14-7-9-15(10-8-14)26(29)30;26-20-16-4-2-1-3-15(16)18-19(23-11-12(21(27)28)5-10-17(23)22-18)24(20)13-6-8-14(9-7-13)25(29)30;;/h2-12H,1H3;1-11H,(H,27,28);1H;1H2. The van der Waals surface area contributed by atoms with Gasteiger partial charge in [-0.3, -0.25) is 47.8 Å². The molecule has 6 heterocycles. The second kappa shape index (κ2) is 16.3. The lowest BCUT2D eigenvalue weighted by molar-refractivity contribution is -0.385. The van der Waals surface area contributed by atoms with Gasteiger partial charge in [0.1, 0.15) is 22.3 Å². The van der Waals surface area contributed by atoms with Gasteiger partial charge < -0.3 is 15.3 Å². The fraction of sp³-hybridized carbons (Fsp3) is 0.0233. The SMILES string of the molecule is COC(=O)c1ccc2nc3c4ccccc4c(=O)n(-c4ccc([N+](=O)[O-])cc4)c3n2c1.Cl.O.O=C(O)c1ccc2nc3c4ccccc4c(=O)n(-c4ccc([N+](=O)[O-])cc4)c3n2c1. The van der Waals surface area contributed by atoms with E-state index in [1.807, 2.05) is 12.1 Å². The number of carboxylic acids is 1. The Labute approximate surface area is 356 Å². The number of hydrogen-bond donors (Lipinski definition) is 1. The van der Waals surface area contributed by atoms with E-state index in [1.54, 1.807) is 69.6 Å². The Balaban J connectivity index is 0.000000183. The molecular formula is C43H29ClN8O11. The number of imidazole rings is 2. The average molecular weight is 869 g/mol. The summed E-state index contributed by atoms with van der Waals surface area (Å²) in [4.78, 5) is 80.7. The number of hydrogen-bond acceptors (Lipinski definition) is 11. The smallest absolute Gasteiger partial charge is 0.339 e. The fourth-order valence-electron chi connectivity index (χ4n) is 7.33. The van der Waals surface area contributed by atoms with Gasteiger partial charge in [-0.25, -0.2) is 19.6 Å². The number of ether oxygens (including phenoxy) is 1. The van der Waals surface area contributed by atoms with E-state index in [4.69, 9.17) is 4.74 Å². The third-order valence-electron chi connectivity index (χ3n) is 10.1. The zero-order valence-corrected chi connectivity index (χ0v) is 33.1. The number of methoxy groups -OCH3 is 1. The van der Waals surface area contributed by atoms with Gasteiger partial charge in [0.15, 0.2) is 11.3 Å². The summed E-state index contributed by atoms with van der Waals surface area (Å²) in [6.45, 7) is 0. The van der Waals surface area contributed by atoms with E-state index < -0.39 is 21.8 Å². The Morgan fingerprint density at radius 3 is 1.35 bits per heavy atom. The molecule has 0 amide bonds. The van der Waals surface area contributed by atoms with Gasteiger partial charge in [-0.05, 0) is 60.7 Å². The summed E-state index contributed by atoms with van der Waals surface area (Å²) < 4.78 is 10.9. The van der Waals surface area contributed by atoms with Crippen LogP contribution in [0.3, 0.4) is 0 Å². The summed E-state index contributed by atoms with van der Waals surface area (Å²) >= 11 is 0. The average Bonchev–Trinajstić information content (AvgIpc) is 3.85. The highest BCUT2D eigenvalue weighted by Crippen LogP contribution is 2.29. The number of nitro groups is 2. The molecule has 6 aromatic heterocycles. The van der Waals surface area contributed by atoms with Gasteiger partial charge in [0.05, 0.1) is 39.5 Å². The fourth-order valence-corrected chi connectivity index (χ4v) is 7.33.